The largest absolute Gasteiger partial charge is 0.282 e. The zero-order chi connectivity index (χ0) is 21.0. The third kappa shape index (κ3) is 4.02. The maximum atomic E-state index is 13.3. The molecule has 0 saturated heterocycles. The van der Waals surface area contributed by atoms with Crippen LogP contribution in [0.2, 0.25) is 0 Å². The van der Waals surface area contributed by atoms with E-state index in [0.29, 0.717) is 4.31 Å². The summed E-state index contributed by atoms with van der Waals surface area (Å²) in [4.78, 5) is 23.9. The Morgan fingerprint density at radius 2 is 1.52 bits per heavy atom. The van der Waals surface area contributed by atoms with Crippen LogP contribution in [0.25, 0.3) is 0 Å². The fourth-order valence-corrected chi connectivity index (χ4v) is 4.28. The average molecular weight is 410 g/mol. The molecule has 0 heterocycles. The number of carbonyl (C=O) groups is 1. The van der Waals surface area contributed by atoms with Gasteiger partial charge in [-0.25, -0.2) is 8.42 Å². The molecule has 148 valence electrons. The highest BCUT2D eigenvalue weighted by molar-refractivity contribution is 7.93. The molecule has 0 spiro atoms. The van der Waals surface area contributed by atoms with E-state index in [-0.39, 0.29) is 16.1 Å². The first-order chi connectivity index (χ1) is 13.9. The van der Waals surface area contributed by atoms with Gasteiger partial charge < -0.3 is 0 Å². The van der Waals surface area contributed by atoms with Crippen LogP contribution in [0.4, 0.5) is 11.4 Å². The fourth-order valence-electron chi connectivity index (χ4n) is 2.85. The van der Waals surface area contributed by atoms with E-state index in [2.05, 4.69) is 0 Å². The number of hydrogen-bond acceptors (Lipinski definition) is 5. The Morgan fingerprint density at radius 1 is 0.931 bits per heavy atom. The molecule has 0 aliphatic carbocycles. The first-order valence-electron chi connectivity index (χ1n) is 8.83. The number of rotatable bonds is 6. The number of hydrogen-bond donors (Lipinski definition) is 0. The number of nitrogens with zero attached hydrogens (tertiary/aromatic N) is 2. The van der Waals surface area contributed by atoms with Gasteiger partial charge in [0, 0.05) is 6.07 Å². The van der Waals surface area contributed by atoms with Crippen molar-refractivity contribution in [1.29, 1.82) is 0 Å². The molecule has 8 heteroatoms. The maximum absolute atomic E-state index is 13.3. The van der Waals surface area contributed by atoms with Gasteiger partial charge in [0.2, 0.25) is 0 Å². The first-order valence-corrected chi connectivity index (χ1v) is 10.3. The number of benzene rings is 3. The van der Waals surface area contributed by atoms with E-state index in [9.17, 15) is 23.3 Å². The van der Waals surface area contributed by atoms with Crippen molar-refractivity contribution in [1.82, 2.24) is 0 Å². The smallest absolute Gasteiger partial charge is 0.267 e. The number of para-hydroxylation sites is 1. The van der Waals surface area contributed by atoms with Gasteiger partial charge in [-0.1, -0.05) is 49.4 Å². The second-order valence-electron chi connectivity index (χ2n) is 6.18. The van der Waals surface area contributed by atoms with Crippen molar-refractivity contribution in [2.75, 3.05) is 4.31 Å². The Bertz CT molecular complexity index is 1140. The molecule has 0 unspecified atom stereocenters. The normalized spacial score (nSPS) is 11.1. The molecule has 0 saturated carbocycles. The SMILES string of the molecule is CCc1ccc(N(C(=O)c2ccccc2[N+](=O)[O-])S(=O)(=O)c2ccccc2)cc1. The first kappa shape index (κ1) is 20.2. The molecular formula is C21H18N2O5S. The van der Waals surface area contributed by atoms with Gasteiger partial charge in [0.25, 0.3) is 21.6 Å². The van der Waals surface area contributed by atoms with Crippen LogP contribution in [0.5, 0.6) is 0 Å². The molecule has 3 rings (SSSR count). The molecule has 0 aromatic heterocycles. The molecule has 0 atom stereocenters. The maximum Gasteiger partial charge on any atom is 0.282 e. The van der Waals surface area contributed by atoms with Crippen LogP contribution in [0.15, 0.2) is 83.8 Å². The molecule has 29 heavy (non-hydrogen) atoms. The number of aryl methyl sites for hydroxylation is 1. The van der Waals surface area contributed by atoms with Crippen molar-refractivity contribution in [2.24, 2.45) is 0 Å². The minimum atomic E-state index is -4.30. The third-order valence-corrected chi connectivity index (χ3v) is 6.10. The number of anilines is 1. The molecule has 1 amide bonds. The molecule has 0 aliphatic heterocycles. The van der Waals surface area contributed by atoms with E-state index < -0.39 is 26.5 Å². The summed E-state index contributed by atoms with van der Waals surface area (Å²) in [5.41, 5.74) is 0.297. The summed E-state index contributed by atoms with van der Waals surface area (Å²) in [5.74, 6) is -0.995. The van der Waals surface area contributed by atoms with Crippen LogP contribution in [0.1, 0.15) is 22.8 Å². The molecule has 7 nitrogen and oxygen atoms in total. The highest BCUT2D eigenvalue weighted by Gasteiger charge is 2.34. The van der Waals surface area contributed by atoms with Crippen LogP contribution in [0, 0.1) is 10.1 Å². The molecule has 0 bridgehead atoms. The summed E-state index contributed by atoms with van der Waals surface area (Å²) in [6.07, 6.45) is 0.740. The van der Waals surface area contributed by atoms with E-state index in [1.165, 1.54) is 48.5 Å². The van der Waals surface area contributed by atoms with Crippen molar-refractivity contribution in [3.8, 4) is 0 Å². The quantitative estimate of drug-likeness (QED) is 0.448. The predicted molar refractivity (Wildman–Crippen MR) is 109 cm³/mol. The van der Waals surface area contributed by atoms with Crippen LogP contribution in [-0.2, 0) is 16.4 Å². The van der Waals surface area contributed by atoms with Crippen molar-refractivity contribution < 1.29 is 18.1 Å². The van der Waals surface area contributed by atoms with Gasteiger partial charge >= 0.3 is 0 Å². The van der Waals surface area contributed by atoms with Crippen LogP contribution >= 0.6 is 0 Å². The standard InChI is InChI=1S/C21H18N2O5S/c1-2-16-12-14-17(15-13-16)22(29(27,28)18-8-4-3-5-9-18)21(24)19-10-6-7-11-20(19)23(25)26/h3-15H,2H2,1H3. The molecule has 3 aromatic rings. The van der Waals surface area contributed by atoms with Crippen LogP contribution in [-0.4, -0.2) is 19.2 Å². The van der Waals surface area contributed by atoms with Crippen molar-refractivity contribution in [2.45, 2.75) is 18.2 Å². The third-order valence-electron chi connectivity index (χ3n) is 4.38. The minimum Gasteiger partial charge on any atom is -0.267 e. The Balaban J connectivity index is 2.21. The Hall–Kier alpha value is -3.52. The Morgan fingerprint density at radius 3 is 2.10 bits per heavy atom. The fraction of sp³-hybridized carbons (Fsp3) is 0.0952. The zero-order valence-corrected chi connectivity index (χ0v) is 16.4. The molecule has 0 fully saturated rings. The Labute approximate surface area is 168 Å². The number of carbonyl (C=O) groups excluding carboxylic acids is 1. The summed E-state index contributed by atoms with van der Waals surface area (Å²) < 4.78 is 27.3. The van der Waals surface area contributed by atoms with Gasteiger partial charge in [-0.15, -0.1) is 0 Å². The lowest BCUT2D eigenvalue weighted by atomic mass is 10.1. The van der Waals surface area contributed by atoms with Gasteiger partial charge in [-0.2, -0.15) is 4.31 Å². The summed E-state index contributed by atoms with van der Waals surface area (Å²) in [5, 5.41) is 11.4. The van der Waals surface area contributed by atoms with E-state index in [4.69, 9.17) is 0 Å². The number of nitro benzene ring substituents is 1. The monoisotopic (exact) mass is 410 g/mol. The van der Waals surface area contributed by atoms with E-state index in [1.54, 1.807) is 30.3 Å². The van der Waals surface area contributed by atoms with Gasteiger partial charge in [-0.05, 0) is 42.3 Å². The lowest BCUT2D eigenvalue weighted by Crippen LogP contribution is -2.37. The molecular weight excluding hydrogens is 392 g/mol. The van der Waals surface area contributed by atoms with Gasteiger partial charge in [0.1, 0.15) is 5.56 Å². The highest BCUT2D eigenvalue weighted by Crippen LogP contribution is 2.29. The molecule has 3 aromatic carbocycles. The average Bonchev–Trinajstić information content (AvgIpc) is 2.74. The number of amides is 1. The van der Waals surface area contributed by atoms with Crippen molar-refractivity contribution in [3.05, 3.63) is 100 Å². The number of sulfonamides is 1. The predicted octanol–water partition coefficient (Wildman–Crippen LogP) is 4.19. The zero-order valence-electron chi connectivity index (χ0n) is 15.6. The van der Waals surface area contributed by atoms with Gasteiger partial charge in [0.15, 0.2) is 0 Å². The second kappa shape index (κ2) is 8.24. The molecule has 0 radical (unpaired) electrons. The summed E-state index contributed by atoms with van der Waals surface area (Å²) in [6.45, 7) is 1.95. The summed E-state index contributed by atoms with van der Waals surface area (Å²) in [7, 11) is -4.30. The van der Waals surface area contributed by atoms with Crippen molar-refractivity contribution >= 4 is 27.3 Å². The van der Waals surface area contributed by atoms with E-state index in [1.807, 2.05) is 6.92 Å². The lowest BCUT2D eigenvalue weighted by molar-refractivity contribution is -0.385. The van der Waals surface area contributed by atoms with Gasteiger partial charge in [0.05, 0.1) is 15.5 Å². The topological polar surface area (TPSA) is 97.6 Å². The minimum absolute atomic E-state index is 0.0912. The molecule has 0 aliphatic rings. The van der Waals surface area contributed by atoms with Crippen LogP contribution < -0.4 is 4.31 Å². The van der Waals surface area contributed by atoms with E-state index >= 15 is 0 Å². The lowest BCUT2D eigenvalue weighted by Gasteiger charge is -2.23. The van der Waals surface area contributed by atoms with Crippen LogP contribution in [0.3, 0.4) is 0 Å². The van der Waals surface area contributed by atoms with Crippen molar-refractivity contribution in [3.63, 3.8) is 0 Å². The Kier molecular flexibility index (Phi) is 5.74. The van der Waals surface area contributed by atoms with Gasteiger partial charge in [-0.3, -0.25) is 14.9 Å². The van der Waals surface area contributed by atoms with E-state index in [0.717, 1.165) is 12.0 Å². The summed E-state index contributed by atoms with van der Waals surface area (Å²) in [6, 6.07) is 19.2. The molecule has 0 N–H and O–H groups in total. The highest BCUT2D eigenvalue weighted by atomic mass is 32.2. The number of nitro groups is 1. The second-order valence-corrected chi connectivity index (χ2v) is 7.97. The summed E-state index contributed by atoms with van der Waals surface area (Å²) >= 11 is 0.